The maximum Gasteiger partial charge on any atom is 0.328 e. The van der Waals surface area contributed by atoms with E-state index in [0.717, 1.165) is 5.56 Å². The third-order valence-electron chi connectivity index (χ3n) is 3.05. The largest absolute Gasteiger partial charge is 0.508 e. The number of nitrogens with one attached hydrogen (secondary N) is 1. The van der Waals surface area contributed by atoms with Gasteiger partial charge in [0, 0.05) is 6.42 Å². The van der Waals surface area contributed by atoms with Gasteiger partial charge in [0.15, 0.2) is 0 Å². The lowest BCUT2D eigenvalue weighted by Crippen LogP contribution is -2.53. The van der Waals surface area contributed by atoms with Crippen LogP contribution >= 0.6 is 0 Å². The second kappa shape index (κ2) is 8.16. The molecule has 0 saturated carbocycles. The van der Waals surface area contributed by atoms with Gasteiger partial charge in [-0.25, -0.2) is 4.79 Å². The van der Waals surface area contributed by atoms with E-state index in [1.165, 1.54) is 13.2 Å². The zero-order valence-electron chi connectivity index (χ0n) is 12.4. The smallest absolute Gasteiger partial charge is 0.328 e. The van der Waals surface area contributed by atoms with Crippen LogP contribution in [0.15, 0.2) is 30.9 Å². The fourth-order valence-electron chi connectivity index (χ4n) is 1.92. The van der Waals surface area contributed by atoms with Crippen LogP contribution in [0.1, 0.15) is 11.1 Å². The Morgan fingerprint density at radius 2 is 2.14 bits per heavy atom. The van der Waals surface area contributed by atoms with Crippen LogP contribution in [0.2, 0.25) is 0 Å². The number of benzene rings is 1. The molecule has 0 aliphatic carbocycles. The number of carbonyl (C=O) groups excluding carboxylic acids is 2. The van der Waals surface area contributed by atoms with Gasteiger partial charge in [-0.2, -0.15) is 0 Å². The molecule has 0 fully saturated rings. The van der Waals surface area contributed by atoms with Crippen LogP contribution in [-0.2, 0) is 27.2 Å². The van der Waals surface area contributed by atoms with Gasteiger partial charge >= 0.3 is 5.97 Å². The van der Waals surface area contributed by atoms with Crippen molar-refractivity contribution < 1.29 is 19.4 Å². The molecule has 0 bridgehead atoms. The average molecular weight is 307 g/mol. The highest BCUT2D eigenvalue weighted by atomic mass is 16.5. The van der Waals surface area contributed by atoms with Crippen molar-refractivity contribution in [1.82, 2.24) is 5.32 Å². The van der Waals surface area contributed by atoms with Gasteiger partial charge in [-0.15, -0.1) is 6.58 Å². The topological polar surface area (TPSA) is 128 Å². The second-order valence-corrected chi connectivity index (χ2v) is 4.77. The maximum absolute atomic E-state index is 11.8. The number of methoxy groups -OCH3 is 1. The molecule has 1 atom stereocenters. The van der Waals surface area contributed by atoms with Crippen LogP contribution in [0.3, 0.4) is 0 Å². The molecule has 0 radical (unpaired) electrons. The first-order valence-electron chi connectivity index (χ1n) is 6.70. The van der Waals surface area contributed by atoms with Crippen molar-refractivity contribution in [1.29, 1.82) is 0 Å². The highest BCUT2D eigenvalue weighted by Gasteiger charge is 2.23. The molecule has 120 valence electrons. The van der Waals surface area contributed by atoms with E-state index >= 15 is 0 Å². The van der Waals surface area contributed by atoms with E-state index in [1.807, 2.05) is 0 Å². The Labute approximate surface area is 128 Å². The molecule has 1 amide bonds. The molecule has 0 aromatic heterocycles. The number of allylic oxidation sites excluding steroid dienone is 1. The number of rotatable bonds is 7. The minimum Gasteiger partial charge on any atom is -0.508 e. The predicted octanol–water partition coefficient (Wildman–Crippen LogP) is -0.435. The summed E-state index contributed by atoms with van der Waals surface area (Å²) in [5.74, 6) is -1.11. The number of hydrogen-bond acceptors (Lipinski definition) is 6. The highest BCUT2D eigenvalue weighted by Crippen LogP contribution is 2.20. The number of nitrogens with two attached hydrogens (primary N) is 2. The fraction of sp³-hybridized carbons (Fsp3) is 0.333. The average Bonchev–Trinajstić information content (AvgIpc) is 2.49. The Morgan fingerprint density at radius 1 is 1.45 bits per heavy atom. The van der Waals surface area contributed by atoms with E-state index in [0.29, 0.717) is 12.0 Å². The minimum atomic E-state index is -1.22. The monoisotopic (exact) mass is 307 g/mol. The summed E-state index contributed by atoms with van der Waals surface area (Å²) in [4.78, 5) is 23.3. The fourth-order valence-corrected chi connectivity index (χ4v) is 1.92. The zero-order valence-corrected chi connectivity index (χ0v) is 12.4. The van der Waals surface area contributed by atoms with Crippen molar-refractivity contribution in [3.63, 3.8) is 0 Å². The summed E-state index contributed by atoms with van der Waals surface area (Å²) in [6, 6.07) is 4.01. The highest BCUT2D eigenvalue weighted by molar-refractivity contribution is 5.87. The Morgan fingerprint density at radius 3 is 2.68 bits per heavy atom. The number of hydrogen-bond donors (Lipinski definition) is 4. The number of amides is 1. The van der Waals surface area contributed by atoms with Crippen LogP contribution in [0.4, 0.5) is 0 Å². The Kier molecular flexibility index (Phi) is 6.55. The first-order valence-corrected chi connectivity index (χ1v) is 6.70. The van der Waals surface area contributed by atoms with Gasteiger partial charge in [0.05, 0.1) is 7.11 Å². The molecular weight excluding hydrogens is 286 g/mol. The van der Waals surface area contributed by atoms with Crippen molar-refractivity contribution in [2.24, 2.45) is 11.5 Å². The van der Waals surface area contributed by atoms with Crippen LogP contribution in [-0.4, -0.2) is 36.3 Å². The molecule has 7 heteroatoms. The summed E-state index contributed by atoms with van der Waals surface area (Å²) in [5, 5.41) is 12.2. The zero-order chi connectivity index (χ0) is 16.7. The lowest BCUT2D eigenvalue weighted by Gasteiger charge is -2.18. The molecule has 0 unspecified atom stereocenters. The summed E-state index contributed by atoms with van der Waals surface area (Å²) in [6.45, 7) is 3.62. The first kappa shape index (κ1) is 17.7. The minimum absolute atomic E-state index is 0.145. The number of phenols is 1. The Balaban J connectivity index is 2.94. The molecular formula is C15H21N3O4. The van der Waals surface area contributed by atoms with E-state index in [-0.39, 0.29) is 12.2 Å². The first-order chi connectivity index (χ1) is 10.4. The predicted molar refractivity (Wildman–Crippen MR) is 81.8 cm³/mol. The Hall–Kier alpha value is -2.38. The van der Waals surface area contributed by atoms with Crippen molar-refractivity contribution >= 4 is 11.9 Å². The molecule has 0 spiro atoms. The SMILES string of the molecule is C=CCc1cc(C[C@H](NC(=O)C(N)N)C(=O)OC)ccc1O. The molecule has 1 rings (SSSR count). The normalized spacial score (nSPS) is 11.8. The lowest BCUT2D eigenvalue weighted by molar-refractivity contribution is -0.145. The summed E-state index contributed by atoms with van der Waals surface area (Å²) in [6.07, 6.45) is 1.12. The molecule has 0 aliphatic heterocycles. The van der Waals surface area contributed by atoms with Gasteiger partial charge in [-0.05, 0) is 23.6 Å². The summed E-state index contributed by atoms with van der Waals surface area (Å²) in [7, 11) is 1.23. The number of carbonyl (C=O) groups is 2. The number of phenolic OH excluding ortho intramolecular Hbond substituents is 1. The quantitative estimate of drug-likeness (QED) is 0.307. The van der Waals surface area contributed by atoms with Crippen LogP contribution < -0.4 is 16.8 Å². The van der Waals surface area contributed by atoms with Gasteiger partial charge in [-0.1, -0.05) is 18.2 Å². The van der Waals surface area contributed by atoms with Crippen LogP contribution in [0.5, 0.6) is 5.75 Å². The molecule has 1 aromatic carbocycles. The van der Waals surface area contributed by atoms with Crippen molar-refractivity contribution in [2.75, 3.05) is 7.11 Å². The summed E-state index contributed by atoms with van der Waals surface area (Å²) in [5.41, 5.74) is 12.0. The summed E-state index contributed by atoms with van der Waals surface area (Å²) >= 11 is 0. The van der Waals surface area contributed by atoms with Crippen molar-refractivity contribution in [3.05, 3.63) is 42.0 Å². The van der Waals surface area contributed by atoms with Gasteiger partial charge in [0.2, 0.25) is 0 Å². The lowest BCUT2D eigenvalue weighted by atomic mass is 10.0. The second-order valence-electron chi connectivity index (χ2n) is 4.77. The van der Waals surface area contributed by atoms with Crippen molar-refractivity contribution in [3.8, 4) is 5.75 Å². The molecule has 0 heterocycles. The standard InChI is InChI=1S/C15H21N3O4/c1-3-4-10-7-9(5-6-12(10)19)8-11(15(21)22-2)18-14(20)13(16)17/h3,5-7,11,13,19H,1,4,8,16-17H2,2H3,(H,18,20)/t11-/m0/s1. The van der Waals surface area contributed by atoms with E-state index in [2.05, 4.69) is 16.6 Å². The molecule has 6 N–H and O–H groups in total. The number of aromatic hydroxyl groups is 1. The third-order valence-corrected chi connectivity index (χ3v) is 3.05. The van der Waals surface area contributed by atoms with Gasteiger partial charge in [-0.3, -0.25) is 4.79 Å². The maximum atomic E-state index is 11.8. The molecule has 22 heavy (non-hydrogen) atoms. The van der Waals surface area contributed by atoms with Gasteiger partial charge in [0.1, 0.15) is 18.0 Å². The number of ether oxygens (including phenoxy) is 1. The molecule has 7 nitrogen and oxygen atoms in total. The third kappa shape index (κ3) is 4.87. The van der Waals surface area contributed by atoms with Crippen molar-refractivity contribution in [2.45, 2.75) is 25.0 Å². The van der Waals surface area contributed by atoms with E-state index in [9.17, 15) is 14.7 Å². The number of esters is 1. The van der Waals surface area contributed by atoms with Crippen LogP contribution in [0.25, 0.3) is 0 Å². The van der Waals surface area contributed by atoms with E-state index in [4.69, 9.17) is 11.5 Å². The molecule has 0 aliphatic rings. The van der Waals surface area contributed by atoms with E-state index < -0.39 is 24.1 Å². The van der Waals surface area contributed by atoms with Gasteiger partial charge < -0.3 is 26.6 Å². The Bertz CT molecular complexity index is 558. The van der Waals surface area contributed by atoms with E-state index in [1.54, 1.807) is 18.2 Å². The van der Waals surface area contributed by atoms with Gasteiger partial charge in [0.25, 0.3) is 5.91 Å². The van der Waals surface area contributed by atoms with Crippen LogP contribution in [0, 0.1) is 0 Å². The molecule has 1 aromatic rings. The molecule has 0 saturated heterocycles. The summed E-state index contributed by atoms with van der Waals surface area (Å²) < 4.78 is 4.67.